The lowest BCUT2D eigenvalue weighted by atomic mass is 10.0. The zero-order valence-corrected chi connectivity index (χ0v) is 21.5. The quantitative estimate of drug-likeness (QED) is 0.160. The highest BCUT2D eigenvalue weighted by Crippen LogP contribution is 2.38. The average molecular weight is 537 g/mol. The molecule has 4 atom stereocenters. The molecule has 35 heavy (non-hydrogen) atoms. The highest BCUT2D eigenvalue weighted by molar-refractivity contribution is 8.01. The van der Waals surface area contributed by atoms with Crippen molar-refractivity contribution in [3.05, 3.63) is 0 Å². The summed E-state index contributed by atoms with van der Waals surface area (Å²) in [5.74, 6) is -6.46. The fourth-order valence-electron chi connectivity index (χ4n) is 3.00. The lowest BCUT2D eigenvalue weighted by Gasteiger charge is -2.30. The summed E-state index contributed by atoms with van der Waals surface area (Å²) in [6.07, 6.45) is 0. The molecule has 1 heterocycles. The molecule has 0 saturated carbocycles. The standard InChI is InChI=1S/C20H28N2O11S2/c1-6-32-19(29)20(9-34-7-12(16(26)30-4)21-10(2)23)15(14(25)18(28)33-20)35-8-13(17(27)31-5)22-11(3)24/h12-13,15H,6-9H2,1-5H3,(H,21,23)(H,22,24). The first-order valence-electron chi connectivity index (χ1n) is 10.3. The largest absolute Gasteiger partial charge is 0.467 e. The Kier molecular flexibility index (Phi) is 12.0. The van der Waals surface area contributed by atoms with E-state index in [0.29, 0.717) is 0 Å². The van der Waals surface area contributed by atoms with Gasteiger partial charge in [-0.25, -0.2) is 19.2 Å². The van der Waals surface area contributed by atoms with Crippen molar-refractivity contribution >= 4 is 65.0 Å². The Morgan fingerprint density at radius 1 is 0.971 bits per heavy atom. The molecule has 1 aliphatic rings. The molecule has 4 unspecified atom stereocenters. The second-order valence-corrected chi connectivity index (χ2v) is 9.31. The summed E-state index contributed by atoms with van der Waals surface area (Å²) >= 11 is 1.68. The number of ether oxygens (including phenoxy) is 4. The molecule has 196 valence electrons. The minimum atomic E-state index is -2.08. The number of carbonyl (C=O) groups excluding carboxylic acids is 7. The summed E-state index contributed by atoms with van der Waals surface area (Å²) in [4.78, 5) is 84.6. The Hall–Kier alpha value is -2.81. The van der Waals surface area contributed by atoms with Gasteiger partial charge in [0.2, 0.25) is 17.4 Å². The summed E-state index contributed by atoms with van der Waals surface area (Å²) in [5, 5.41) is 3.36. The van der Waals surface area contributed by atoms with Crippen molar-refractivity contribution in [1.29, 1.82) is 0 Å². The third-order valence-electron chi connectivity index (χ3n) is 4.52. The van der Waals surface area contributed by atoms with Crippen LogP contribution in [0.1, 0.15) is 20.8 Å². The van der Waals surface area contributed by atoms with Crippen LogP contribution in [0.25, 0.3) is 0 Å². The van der Waals surface area contributed by atoms with E-state index in [0.717, 1.165) is 37.7 Å². The Labute approximate surface area is 210 Å². The van der Waals surface area contributed by atoms with E-state index >= 15 is 0 Å². The smallest absolute Gasteiger partial charge is 0.377 e. The molecular formula is C20H28N2O11S2. The molecule has 0 bridgehead atoms. The molecule has 1 aliphatic heterocycles. The first kappa shape index (κ1) is 30.2. The maximum atomic E-state index is 12.9. The Morgan fingerprint density at radius 3 is 1.94 bits per heavy atom. The maximum Gasteiger partial charge on any atom is 0.377 e. The molecule has 1 fully saturated rings. The molecule has 13 nitrogen and oxygen atoms in total. The number of hydrogen-bond acceptors (Lipinski definition) is 13. The fourth-order valence-corrected chi connectivity index (χ4v) is 5.67. The first-order chi connectivity index (χ1) is 16.4. The number of carbonyl (C=O) groups is 7. The average Bonchev–Trinajstić information content (AvgIpc) is 3.04. The van der Waals surface area contributed by atoms with Crippen molar-refractivity contribution in [3.63, 3.8) is 0 Å². The molecule has 0 aliphatic carbocycles. The molecule has 2 N–H and O–H groups in total. The number of esters is 4. The van der Waals surface area contributed by atoms with Gasteiger partial charge in [-0.05, 0) is 6.92 Å². The molecule has 0 spiro atoms. The van der Waals surface area contributed by atoms with E-state index in [4.69, 9.17) is 9.47 Å². The van der Waals surface area contributed by atoms with Crippen LogP contribution in [0.4, 0.5) is 0 Å². The number of hydrogen-bond donors (Lipinski definition) is 2. The van der Waals surface area contributed by atoms with Gasteiger partial charge in [-0.2, -0.15) is 11.8 Å². The van der Waals surface area contributed by atoms with Crippen molar-refractivity contribution < 1.29 is 52.5 Å². The predicted molar refractivity (Wildman–Crippen MR) is 123 cm³/mol. The highest BCUT2D eigenvalue weighted by atomic mass is 32.2. The van der Waals surface area contributed by atoms with Gasteiger partial charge in [-0.1, -0.05) is 0 Å². The van der Waals surface area contributed by atoms with Gasteiger partial charge in [0.25, 0.3) is 5.78 Å². The third kappa shape index (κ3) is 8.13. The van der Waals surface area contributed by atoms with E-state index in [1.165, 1.54) is 20.8 Å². The lowest BCUT2D eigenvalue weighted by Crippen LogP contribution is -2.52. The van der Waals surface area contributed by atoms with Crippen LogP contribution in [0.5, 0.6) is 0 Å². The van der Waals surface area contributed by atoms with Crippen molar-refractivity contribution in [2.24, 2.45) is 0 Å². The van der Waals surface area contributed by atoms with Crippen molar-refractivity contribution in [1.82, 2.24) is 10.6 Å². The Bertz CT molecular complexity index is 866. The number of amides is 2. The van der Waals surface area contributed by atoms with Crippen LogP contribution >= 0.6 is 23.5 Å². The van der Waals surface area contributed by atoms with Crippen LogP contribution in [0.2, 0.25) is 0 Å². The number of nitrogens with one attached hydrogen (secondary N) is 2. The molecule has 0 aromatic heterocycles. The Morgan fingerprint density at radius 2 is 1.49 bits per heavy atom. The van der Waals surface area contributed by atoms with Gasteiger partial charge in [0.05, 0.1) is 20.8 Å². The molecular weight excluding hydrogens is 508 g/mol. The number of ketones is 1. The number of Topliss-reactive ketones (excluding diaryl/α,β-unsaturated/α-hetero) is 1. The SMILES string of the molecule is CCOC(=O)C1(CSCC(NC(C)=O)C(=O)OC)OC(=O)C(=O)C1SCC(NC(C)=O)C(=O)OC. The van der Waals surface area contributed by atoms with Crippen molar-refractivity contribution in [2.75, 3.05) is 38.1 Å². The van der Waals surface area contributed by atoms with Crippen LogP contribution < -0.4 is 10.6 Å². The van der Waals surface area contributed by atoms with Gasteiger partial charge >= 0.3 is 23.9 Å². The van der Waals surface area contributed by atoms with Gasteiger partial charge in [0.1, 0.15) is 17.3 Å². The lowest BCUT2D eigenvalue weighted by molar-refractivity contribution is -0.171. The Balaban J connectivity index is 3.19. The molecule has 1 saturated heterocycles. The molecule has 15 heteroatoms. The summed E-state index contributed by atoms with van der Waals surface area (Å²) in [5.41, 5.74) is -2.08. The number of methoxy groups -OCH3 is 2. The van der Waals surface area contributed by atoms with E-state index in [9.17, 15) is 33.6 Å². The molecule has 0 aromatic carbocycles. The van der Waals surface area contributed by atoms with Crippen LogP contribution in [-0.4, -0.2) is 102 Å². The van der Waals surface area contributed by atoms with Gasteiger partial charge < -0.3 is 29.6 Å². The predicted octanol–water partition coefficient (Wildman–Crippen LogP) is -1.40. The second-order valence-electron chi connectivity index (χ2n) is 7.14. The third-order valence-corrected chi connectivity index (χ3v) is 7.17. The van der Waals surface area contributed by atoms with E-state index in [-0.39, 0.29) is 23.9 Å². The van der Waals surface area contributed by atoms with Gasteiger partial charge in [0.15, 0.2) is 0 Å². The van der Waals surface area contributed by atoms with Crippen LogP contribution in [0.3, 0.4) is 0 Å². The number of rotatable bonds is 13. The minimum Gasteiger partial charge on any atom is -0.467 e. The van der Waals surface area contributed by atoms with E-state index in [1.54, 1.807) is 0 Å². The van der Waals surface area contributed by atoms with Gasteiger partial charge in [0, 0.05) is 31.1 Å². The summed E-state index contributed by atoms with van der Waals surface area (Å²) < 4.78 is 19.6. The highest BCUT2D eigenvalue weighted by Gasteiger charge is 2.62. The van der Waals surface area contributed by atoms with E-state index in [1.807, 2.05) is 0 Å². The fraction of sp³-hybridized carbons (Fsp3) is 0.650. The molecule has 1 rings (SSSR count). The molecule has 0 aromatic rings. The van der Waals surface area contributed by atoms with Crippen molar-refractivity contribution in [2.45, 2.75) is 43.7 Å². The normalized spacial score (nSPS) is 20.8. The van der Waals surface area contributed by atoms with Crippen LogP contribution in [0.15, 0.2) is 0 Å². The summed E-state index contributed by atoms with van der Waals surface area (Å²) in [7, 11) is 2.25. The monoisotopic (exact) mass is 536 g/mol. The zero-order chi connectivity index (χ0) is 26.8. The maximum absolute atomic E-state index is 12.9. The summed E-state index contributed by atoms with van der Waals surface area (Å²) in [6, 6.07) is -2.23. The van der Waals surface area contributed by atoms with Crippen LogP contribution in [0, 0.1) is 0 Å². The van der Waals surface area contributed by atoms with E-state index in [2.05, 4.69) is 20.1 Å². The van der Waals surface area contributed by atoms with Crippen molar-refractivity contribution in [3.8, 4) is 0 Å². The van der Waals surface area contributed by atoms with Gasteiger partial charge in [-0.15, -0.1) is 11.8 Å². The zero-order valence-electron chi connectivity index (χ0n) is 19.9. The number of thioether (sulfide) groups is 2. The summed E-state index contributed by atoms with van der Waals surface area (Å²) in [6.45, 7) is 3.83. The number of cyclic esters (lactones) is 1. The van der Waals surface area contributed by atoms with E-state index < -0.39 is 64.4 Å². The molecule has 0 radical (unpaired) electrons. The first-order valence-corrected chi connectivity index (χ1v) is 12.5. The van der Waals surface area contributed by atoms with Crippen LogP contribution in [-0.2, 0) is 52.5 Å². The molecule has 2 amide bonds. The minimum absolute atomic E-state index is 0.0762. The second kappa shape index (κ2) is 13.9. The topological polar surface area (TPSA) is 180 Å². The van der Waals surface area contributed by atoms with Gasteiger partial charge in [-0.3, -0.25) is 14.4 Å².